The van der Waals surface area contributed by atoms with Crippen molar-refractivity contribution in [1.29, 1.82) is 0 Å². The number of likely N-dealkylation sites (tertiary alicyclic amines) is 1. The van der Waals surface area contributed by atoms with E-state index < -0.39 is 23.3 Å². The lowest BCUT2D eigenvalue weighted by Gasteiger charge is -2.35. The Bertz CT molecular complexity index is 2990. The van der Waals surface area contributed by atoms with Gasteiger partial charge in [0.1, 0.15) is 17.9 Å². The fourth-order valence-electron chi connectivity index (χ4n) is 10.1. The molecule has 1 aliphatic carbocycles. The molecule has 0 unspecified atom stereocenters. The van der Waals surface area contributed by atoms with Crippen LogP contribution in [0.15, 0.2) is 72.8 Å². The van der Waals surface area contributed by atoms with Gasteiger partial charge in [0.25, 0.3) is 5.91 Å². The average molecular weight is 1060 g/mol. The highest BCUT2D eigenvalue weighted by Crippen LogP contribution is 2.41. The highest BCUT2D eigenvalue weighted by atomic mass is 32.1. The molecule has 2 aromatic carbocycles. The molecule has 2 saturated heterocycles. The Kier molecular flexibility index (Phi) is 17.2. The Morgan fingerprint density at radius 3 is 2.29 bits per heavy atom. The minimum absolute atomic E-state index is 0.00343. The Labute approximate surface area is 447 Å². The lowest BCUT2D eigenvalue weighted by atomic mass is 9.85. The highest BCUT2D eigenvalue weighted by molar-refractivity contribution is 7.13. The van der Waals surface area contributed by atoms with Crippen LogP contribution < -0.4 is 21.3 Å². The second kappa shape index (κ2) is 24.3. The lowest BCUT2D eigenvalue weighted by Crippen LogP contribution is -2.57. The molecule has 0 bridgehead atoms. The number of fused-ring (bicyclic) bond motifs is 1. The van der Waals surface area contributed by atoms with Crippen molar-refractivity contribution in [2.45, 2.75) is 123 Å². The maximum absolute atomic E-state index is 15.7. The van der Waals surface area contributed by atoms with Gasteiger partial charge in [0.15, 0.2) is 11.5 Å². The number of carbonyl (C=O) groups excluding carboxylic acids is 5. The van der Waals surface area contributed by atoms with E-state index in [1.165, 1.54) is 6.07 Å². The molecule has 6 aromatic rings. The molecule has 0 spiro atoms. The number of anilines is 2. The molecule has 2 atom stereocenters. The molecule has 9 rings (SSSR count). The van der Waals surface area contributed by atoms with E-state index in [0.717, 1.165) is 77.2 Å². The number of nitrogens with one attached hydrogen (secondary N) is 5. The summed E-state index contributed by atoms with van der Waals surface area (Å²) in [6.45, 7) is 12.0. The minimum Gasteiger partial charge on any atom is -0.355 e. The quantitative estimate of drug-likeness (QED) is 0.0415. The number of imidazole rings is 1. The second-order valence-electron chi connectivity index (χ2n) is 21.4. The Morgan fingerprint density at radius 1 is 0.855 bits per heavy atom. The smallest absolute Gasteiger partial charge is 0.254 e. The van der Waals surface area contributed by atoms with Gasteiger partial charge < -0.3 is 31.1 Å². The number of rotatable bonds is 22. The van der Waals surface area contributed by atoms with Crippen LogP contribution >= 0.6 is 11.3 Å². The van der Waals surface area contributed by atoms with Crippen LogP contribution in [0.4, 0.5) is 15.9 Å². The van der Waals surface area contributed by atoms with E-state index in [-0.39, 0.29) is 47.2 Å². The third-order valence-electron chi connectivity index (χ3n) is 14.7. The predicted molar refractivity (Wildman–Crippen MR) is 290 cm³/mol. The largest absolute Gasteiger partial charge is 0.355 e. The van der Waals surface area contributed by atoms with Crippen molar-refractivity contribution in [3.63, 3.8) is 0 Å². The highest BCUT2D eigenvalue weighted by Gasteiger charge is 2.42. The topological polar surface area (TPSA) is 215 Å². The van der Waals surface area contributed by atoms with Crippen molar-refractivity contribution >= 4 is 58.0 Å². The Morgan fingerprint density at radius 2 is 1.61 bits per heavy atom. The van der Waals surface area contributed by atoms with Gasteiger partial charge in [-0.15, -0.1) is 11.3 Å². The van der Waals surface area contributed by atoms with Crippen LogP contribution in [0.2, 0.25) is 0 Å². The molecule has 1 saturated carbocycles. The van der Waals surface area contributed by atoms with E-state index in [1.54, 1.807) is 51.9 Å². The molecule has 20 heteroatoms. The number of aromatic nitrogens is 6. The first-order valence-electron chi connectivity index (χ1n) is 26.8. The van der Waals surface area contributed by atoms with Gasteiger partial charge in [0.2, 0.25) is 23.6 Å². The van der Waals surface area contributed by atoms with Gasteiger partial charge in [-0.05, 0) is 80.2 Å². The molecule has 3 fully saturated rings. The summed E-state index contributed by atoms with van der Waals surface area (Å²) >= 11 is 1.60. The number of aryl methyl sites for hydroxylation is 1. The third-order valence-corrected chi connectivity index (χ3v) is 15.6. The molecule has 402 valence electrons. The van der Waals surface area contributed by atoms with Gasteiger partial charge >= 0.3 is 0 Å². The molecule has 6 heterocycles. The normalized spacial score (nSPS) is 16.5. The van der Waals surface area contributed by atoms with Gasteiger partial charge in [-0.1, -0.05) is 64.3 Å². The van der Waals surface area contributed by atoms with Crippen LogP contribution in [0.3, 0.4) is 0 Å². The number of unbranched alkanes of at least 4 members (excludes halogenated alkanes) is 4. The molecular weight excluding hydrogens is 986 g/mol. The van der Waals surface area contributed by atoms with E-state index in [2.05, 4.69) is 46.3 Å². The molecule has 5 N–H and O–H groups in total. The van der Waals surface area contributed by atoms with Crippen molar-refractivity contribution in [3.05, 3.63) is 101 Å². The molecule has 3 aliphatic rings. The first-order chi connectivity index (χ1) is 36.7. The first kappa shape index (κ1) is 53.8. The summed E-state index contributed by atoms with van der Waals surface area (Å²) in [6, 6.07) is 11.2. The molecular formula is C56H70FN13O5S. The van der Waals surface area contributed by atoms with Crippen molar-refractivity contribution in [2.75, 3.05) is 51.1 Å². The summed E-state index contributed by atoms with van der Waals surface area (Å²) < 4.78 is 17.6. The maximum Gasteiger partial charge on any atom is 0.254 e. The van der Waals surface area contributed by atoms with E-state index in [0.29, 0.717) is 95.4 Å². The molecule has 2 aliphatic heterocycles. The minimum atomic E-state index is -0.770. The summed E-state index contributed by atoms with van der Waals surface area (Å²) in [5.74, 6) is -0.621. The predicted octanol–water partition coefficient (Wildman–Crippen LogP) is 7.75. The van der Waals surface area contributed by atoms with Crippen LogP contribution in [-0.4, -0.2) is 132 Å². The Hall–Kier alpha value is -7.06. The number of hydrogen-bond donors (Lipinski definition) is 5. The van der Waals surface area contributed by atoms with Gasteiger partial charge in [0, 0.05) is 94.6 Å². The first-order valence-corrected chi connectivity index (χ1v) is 27.7. The van der Waals surface area contributed by atoms with Crippen LogP contribution in [0.25, 0.3) is 27.3 Å². The molecule has 4 aromatic heterocycles. The lowest BCUT2D eigenvalue weighted by molar-refractivity contribution is -0.143. The SMILES string of the molecule is Cc1ncsc1-c1ccc(CNC(=O)[C@@H]2CCCN2C(=O)[C@@H](NC(=O)CCCCCCCC(=O)NCCN2CCN(C(=O)c3ccc(Nc4nc(C5CC5)cn5c(-c6cn[nH]c6)cnc45)c(F)c3)CC2)C(C)(C)C)cc1. The number of benzene rings is 2. The van der Waals surface area contributed by atoms with E-state index in [9.17, 15) is 24.0 Å². The van der Waals surface area contributed by atoms with Crippen molar-refractivity contribution in [2.24, 2.45) is 5.41 Å². The van der Waals surface area contributed by atoms with Crippen LogP contribution in [0.1, 0.15) is 125 Å². The van der Waals surface area contributed by atoms with Crippen LogP contribution in [0, 0.1) is 18.2 Å². The number of halogens is 1. The molecule has 0 radical (unpaired) electrons. The van der Waals surface area contributed by atoms with Gasteiger partial charge in [-0.25, -0.2) is 19.3 Å². The van der Waals surface area contributed by atoms with Gasteiger partial charge in [-0.3, -0.25) is 38.4 Å². The summed E-state index contributed by atoms with van der Waals surface area (Å²) in [4.78, 5) is 87.2. The fraction of sp³-hybridized carbons (Fsp3) is 0.482. The van der Waals surface area contributed by atoms with Crippen LogP contribution in [-0.2, 0) is 25.7 Å². The number of carbonyl (C=O) groups is 5. The number of aromatic amines is 1. The zero-order chi connectivity index (χ0) is 53.3. The van der Waals surface area contributed by atoms with Crippen LogP contribution in [0.5, 0.6) is 0 Å². The van der Waals surface area contributed by atoms with Crippen molar-refractivity contribution in [3.8, 4) is 21.7 Å². The number of thiazole rings is 1. The fourth-order valence-corrected chi connectivity index (χ4v) is 10.9. The average Bonchev–Trinajstić information content (AvgIpc) is 3.84. The molecule has 5 amide bonds. The number of amides is 5. The van der Waals surface area contributed by atoms with E-state index >= 15 is 4.39 Å². The summed E-state index contributed by atoms with van der Waals surface area (Å²) in [6.07, 6.45) is 15.3. The standard InChI is InChI=1S/C56H70FN13O5S/c1-36-49(76-35-61-36)39-16-14-37(15-17-39)30-60-53(73)45-11-10-23-69(45)55(75)50(56(2,3)4)66-48(72)13-9-7-5-6-8-12-47(71)58-22-24-67-25-27-68(28-26-67)54(74)40-20-21-43(42(57)29-40)64-51-52-59-33-46(41-31-62-63-32-41)70(52)34-44(65-51)38-18-19-38/h14-17,20-21,29,31-35,38,45,50H,5-13,18-19,22-28,30H2,1-4H3,(H,58,71)(H,60,73)(H,62,63)(H,64,65)(H,66,72)/t45-,50+/m0/s1. The third kappa shape index (κ3) is 13.3. The maximum atomic E-state index is 15.7. The number of H-pyrrole nitrogens is 1. The second-order valence-corrected chi connectivity index (χ2v) is 22.3. The van der Waals surface area contributed by atoms with E-state index in [1.807, 2.05) is 68.1 Å². The number of nitrogens with zero attached hydrogens (tertiary/aromatic N) is 8. The van der Waals surface area contributed by atoms with Crippen molar-refractivity contribution in [1.82, 2.24) is 60.2 Å². The van der Waals surface area contributed by atoms with Crippen molar-refractivity contribution < 1.29 is 28.4 Å². The summed E-state index contributed by atoms with van der Waals surface area (Å²) in [5.41, 5.74) is 7.96. The van der Waals surface area contributed by atoms with E-state index in [4.69, 9.17) is 4.98 Å². The van der Waals surface area contributed by atoms with Gasteiger partial charge in [-0.2, -0.15) is 5.10 Å². The Balaban J connectivity index is 0.632. The number of piperazine rings is 1. The zero-order valence-electron chi connectivity index (χ0n) is 44.0. The molecule has 76 heavy (non-hydrogen) atoms. The summed E-state index contributed by atoms with van der Waals surface area (Å²) in [7, 11) is 0. The molecule has 18 nitrogen and oxygen atoms in total. The van der Waals surface area contributed by atoms with Gasteiger partial charge in [0.05, 0.1) is 45.6 Å². The monoisotopic (exact) mass is 1060 g/mol. The summed E-state index contributed by atoms with van der Waals surface area (Å²) in [5, 5.41) is 19.1. The number of hydrogen-bond acceptors (Lipinski definition) is 12. The zero-order valence-corrected chi connectivity index (χ0v) is 44.8.